The van der Waals surface area contributed by atoms with E-state index in [4.69, 9.17) is 9.15 Å². The standard InChI is InChI=1S/C26H29N3O3/c1-18-5-8-20(9-6-18)28-11-12-29-24-15-21(31-2)10-7-19(24)14-23(25(29)17-28)26(30)27-16-22-4-3-13-32-22/h3-10,13,15,23,25H,11-12,14,16-17H2,1-2H3,(H,27,30). The molecular formula is C26H29N3O3. The number of anilines is 2. The Morgan fingerprint density at radius 2 is 2.00 bits per heavy atom. The van der Waals surface area contributed by atoms with Gasteiger partial charge in [-0.05, 0) is 49.2 Å². The lowest BCUT2D eigenvalue weighted by molar-refractivity contribution is -0.126. The van der Waals surface area contributed by atoms with Crippen LogP contribution in [0.15, 0.2) is 65.3 Å². The first-order valence-corrected chi connectivity index (χ1v) is 11.2. The molecule has 6 heteroatoms. The Kier molecular flexibility index (Phi) is 5.52. The fourth-order valence-corrected chi connectivity index (χ4v) is 4.91. The third kappa shape index (κ3) is 3.93. The summed E-state index contributed by atoms with van der Waals surface area (Å²) in [6, 6.07) is 18.7. The number of furan rings is 1. The average molecular weight is 432 g/mol. The van der Waals surface area contributed by atoms with Gasteiger partial charge in [0.1, 0.15) is 11.5 Å². The predicted molar refractivity (Wildman–Crippen MR) is 125 cm³/mol. The highest BCUT2D eigenvalue weighted by atomic mass is 16.5. The van der Waals surface area contributed by atoms with E-state index in [1.54, 1.807) is 13.4 Å². The molecule has 1 fully saturated rings. The highest BCUT2D eigenvalue weighted by Crippen LogP contribution is 2.39. The van der Waals surface area contributed by atoms with Crippen LogP contribution in [0.1, 0.15) is 16.9 Å². The number of nitrogens with one attached hydrogen (secondary N) is 1. The SMILES string of the molecule is COc1ccc2c(c1)N1CCN(c3ccc(C)cc3)CC1C(C(=O)NCc1ccco1)C2. The molecule has 2 unspecified atom stereocenters. The van der Waals surface area contributed by atoms with Crippen LogP contribution >= 0.6 is 0 Å². The number of aryl methyl sites for hydroxylation is 1. The Labute approximate surface area is 188 Å². The quantitative estimate of drug-likeness (QED) is 0.666. The van der Waals surface area contributed by atoms with Crippen LogP contribution in [0.3, 0.4) is 0 Å². The number of carbonyl (C=O) groups excluding carboxylic acids is 1. The lowest BCUT2D eigenvalue weighted by atomic mass is 9.83. The first kappa shape index (κ1) is 20.5. The van der Waals surface area contributed by atoms with Gasteiger partial charge in [0.25, 0.3) is 0 Å². The van der Waals surface area contributed by atoms with Gasteiger partial charge in [0.05, 0.1) is 31.9 Å². The molecule has 2 atom stereocenters. The van der Waals surface area contributed by atoms with E-state index in [0.29, 0.717) is 13.0 Å². The summed E-state index contributed by atoms with van der Waals surface area (Å²) in [6.07, 6.45) is 2.35. The minimum atomic E-state index is -0.140. The Morgan fingerprint density at radius 3 is 2.75 bits per heavy atom. The van der Waals surface area contributed by atoms with Crippen LogP contribution in [0.25, 0.3) is 0 Å². The number of benzene rings is 2. The second-order valence-electron chi connectivity index (χ2n) is 8.64. The maximum atomic E-state index is 13.3. The molecule has 2 aromatic carbocycles. The maximum Gasteiger partial charge on any atom is 0.225 e. The number of hydrogen-bond donors (Lipinski definition) is 1. The maximum absolute atomic E-state index is 13.3. The fourth-order valence-electron chi connectivity index (χ4n) is 4.91. The van der Waals surface area contributed by atoms with E-state index in [-0.39, 0.29) is 17.9 Å². The monoisotopic (exact) mass is 431 g/mol. The molecule has 0 spiro atoms. The molecule has 32 heavy (non-hydrogen) atoms. The van der Waals surface area contributed by atoms with Gasteiger partial charge in [-0.3, -0.25) is 4.79 Å². The Bertz CT molecular complexity index is 1080. The Morgan fingerprint density at radius 1 is 1.16 bits per heavy atom. The molecule has 1 N–H and O–H groups in total. The van der Waals surface area contributed by atoms with Crippen LogP contribution in [0.5, 0.6) is 5.75 Å². The molecule has 3 heterocycles. The van der Waals surface area contributed by atoms with Gasteiger partial charge in [-0.15, -0.1) is 0 Å². The summed E-state index contributed by atoms with van der Waals surface area (Å²) < 4.78 is 10.9. The molecule has 2 aliphatic heterocycles. The lowest BCUT2D eigenvalue weighted by Gasteiger charge is -2.49. The summed E-state index contributed by atoms with van der Waals surface area (Å²) in [5, 5.41) is 3.10. The van der Waals surface area contributed by atoms with Crippen molar-refractivity contribution in [2.75, 3.05) is 36.5 Å². The zero-order valence-corrected chi connectivity index (χ0v) is 18.6. The van der Waals surface area contributed by atoms with E-state index in [9.17, 15) is 4.79 Å². The first-order valence-electron chi connectivity index (χ1n) is 11.2. The number of ether oxygens (including phenoxy) is 1. The number of methoxy groups -OCH3 is 1. The van der Waals surface area contributed by atoms with Crippen molar-refractivity contribution in [3.05, 3.63) is 77.7 Å². The summed E-state index contributed by atoms with van der Waals surface area (Å²) >= 11 is 0. The number of carbonyl (C=O) groups is 1. The molecule has 0 saturated carbocycles. The van der Waals surface area contributed by atoms with Gasteiger partial charge in [-0.2, -0.15) is 0 Å². The molecule has 6 nitrogen and oxygen atoms in total. The van der Waals surface area contributed by atoms with E-state index in [0.717, 1.165) is 31.1 Å². The van der Waals surface area contributed by atoms with E-state index in [2.05, 4.69) is 58.4 Å². The number of rotatable bonds is 5. The van der Waals surface area contributed by atoms with Crippen LogP contribution < -0.4 is 19.9 Å². The van der Waals surface area contributed by atoms with Crippen molar-refractivity contribution < 1.29 is 13.9 Å². The molecule has 0 bridgehead atoms. The van der Waals surface area contributed by atoms with Crippen molar-refractivity contribution in [1.29, 1.82) is 0 Å². The third-order valence-electron chi connectivity index (χ3n) is 6.68. The molecule has 166 valence electrons. The molecule has 3 aromatic rings. The molecule has 0 radical (unpaired) electrons. The average Bonchev–Trinajstić information content (AvgIpc) is 3.35. The first-order chi connectivity index (χ1) is 15.6. The second kappa shape index (κ2) is 8.61. The van der Waals surface area contributed by atoms with Crippen LogP contribution in [0, 0.1) is 12.8 Å². The number of amides is 1. The van der Waals surface area contributed by atoms with Crippen LogP contribution in [-0.2, 0) is 17.8 Å². The van der Waals surface area contributed by atoms with Crippen molar-refractivity contribution in [3.8, 4) is 5.75 Å². The fraction of sp³-hybridized carbons (Fsp3) is 0.346. The van der Waals surface area contributed by atoms with Crippen LogP contribution in [-0.4, -0.2) is 38.7 Å². The zero-order chi connectivity index (χ0) is 22.1. The van der Waals surface area contributed by atoms with Gasteiger partial charge in [-0.1, -0.05) is 23.8 Å². The summed E-state index contributed by atoms with van der Waals surface area (Å²) in [6.45, 7) is 5.09. The minimum Gasteiger partial charge on any atom is -0.497 e. The van der Waals surface area contributed by atoms with E-state index < -0.39 is 0 Å². The molecular weight excluding hydrogens is 402 g/mol. The van der Waals surface area contributed by atoms with Crippen molar-refractivity contribution in [2.24, 2.45) is 5.92 Å². The molecule has 1 amide bonds. The second-order valence-corrected chi connectivity index (χ2v) is 8.64. The van der Waals surface area contributed by atoms with E-state index in [1.165, 1.54) is 22.5 Å². The van der Waals surface area contributed by atoms with Gasteiger partial charge in [0, 0.05) is 37.1 Å². The largest absolute Gasteiger partial charge is 0.497 e. The summed E-state index contributed by atoms with van der Waals surface area (Å²) in [5.74, 6) is 1.55. The normalized spacial score (nSPS) is 19.8. The molecule has 1 aromatic heterocycles. The van der Waals surface area contributed by atoms with Gasteiger partial charge in [0.2, 0.25) is 5.91 Å². The summed E-state index contributed by atoms with van der Waals surface area (Å²) in [7, 11) is 1.70. The lowest BCUT2D eigenvalue weighted by Crippen LogP contribution is -2.61. The Balaban J connectivity index is 1.43. The molecule has 2 aliphatic rings. The van der Waals surface area contributed by atoms with Crippen molar-refractivity contribution >= 4 is 17.3 Å². The van der Waals surface area contributed by atoms with E-state index >= 15 is 0 Å². The van der Waals surface area contributed by atoms with Crippen molar-refractivity contribution in [3.63, 3.8) is 0 Å². The molecule has 1 saturated heterocycles. The number of fused-ring (bicyclic) bond motifs is 3. The minimum absolute atomic E-state index is 0.0728. The summed E-state index contributed by atoms with van der Waals surface area (Å²) in [4.78, 5) is 18.2. The van der Waals surface area contributed by atoms with Crippen molar-refractivity contribution in [1.82, 2.24) is 5.32 Å². The predicted octanol–water partition coefficient (Wildman–Crippen LogP) is 3.78. The van der Waals surface area contributed by atoms with Crippen LogP contribution in [0.2, 0.25) is 0 Å². The van der Waals surface area contributed by atoms with Crippen LogP contribution in [0.4, 0.5) is 11.4 Å². The summed E-state index contributed by atoms with van der Waals surface area (Å²) in [5.41, 5.74) is 4.85. The molecule has 0 aliphatic carbocycles. The van der Waals surface area contributed by atoms with Gasteiger partial charge >= 0.3 is 0 Å². The highest BCUT2D eigenvalue weighted by Gasteiger charge is 2.41. The third-order valence-corrected chi connectivity index (χ3v) is 6.68. The number of piperazine rings is 1. The highest BCUT2D eigenvalue weighted by molar-refractivity contribution is 5.82. The Hall–Kier alpha value is -3.41. The van der Waals surface area contributed by atoms with Crippen molar-refractivity contribution in [2.45, 2.75) is 25.9 Å². The topological polar surface area (TPSA) is 58.0 Å². The van der Waals surface area contributed by atoms with Gasteiger partial charge in [0.15, 0.2) is 0 Å². The molecule has 5 rings (SSSR count). The van der Waals surface area contributed by atoms with E-state index in [1.807, 2.05) is 18.2 Å². The zero-order valence-electron chi connectivity index (χ0n) is 18.6. The van der Waals surface area contributed by atoms with Gasteiger partial charge in [-0.25, -0.2) is 0 Å². The number of nitrogens with zero attached hydrogens (tertiary/aromatic N) is 2. The number of hydrogen-bond acceptors (Lipinski definition) is 5. The van der Waals surface area contributed by atoms with Gasteiger partial charge < -0.3 is 24.3 Å². The smallest absolute Gasteiger partial charge is 0.225 e.